The van der Waals surface area contributed by atoms with Crippen molar-refractivity contribution in [2.75, 3.05) is 39.2 Å². The lowest BCUT2D eigenvalue weighted by Gasteiger charge is -2.03. The standard InChI is InChI=1S/C14H21N3O2S/c1-3-19-8-6-15-7-9-20-14-16-12-5-4-11(18-2)10-13(12)17-14/h4-5,10,15H,3,6-9H2,1-2H3,(H,16,17). The van der Waals surface area contributed by atoms with Crippen LogP contribution in [0.4, 0.5) is 0 Å². The van der Waals surface area contributed by atoms with Gasteiger partial charge in [-0.15, -0.1) is 0 Å². The van der Waals surface area contributed by atoms with Crippen molar-refractivity contribution in [3.05, 3.63) is 18.2 Å². The zero-order valence-electron chi connectivity index (χ0n) is 11.9. The molecule has 0 saturated carbocycles. The number of hydrogen-bond acceptors (Lipinski definition) is 5. The van der Waals surface area contributed by atoms with Crippen LogP contribution in [-0.4, -0.2) is 49.1 Å². The van der Waals surface area contributed by atoms with Crippen LogP contribution in [0.2, 0.25) is 0 Å². The molecule has 0 atom stereocenters. The van der Waals surface area contributed by atoms with Crippen molar-refractivity contribution in [1.29, 1.82) is 0 Å². The first-order valence-electron chi connectivity index (χ1n) is 6.78. The highest BCUT2D eigenvalue weighted by molar-refractivity contribution is 7.99. The second kappa shape index (κ2) is 8.14. The number of nitrogens with one attached hydrogen (secondary N) is 2. The van der Waals surface area contributed by atoms with Crippen molar-refractivity contribution in [2.24, 2.45) is 0 Å². The fourth-order valence-electron chi connectivity index (χ4n) is 1.79. The number of thioether (sulfide) groups is 1. The normalized spacial score (nSPS) is 11.1. The van der Waals surface area contributed by atoms with E-state index in [0.29, 0.717) is 0 Å². The topological polar surface area (TPSA) is 59.2 Å². The van der Waals surface area contributed by atoms with Gasteiger partial charge >= 0.3 is 0 Å². The Labute approximate surface area is 123 Å². The number of imidazole rings is 1. The summed E-state index contributed by atoms with van der Waals surface area (Å²) in [6.07, 6.45) is 0. The lowest BCUT2D eigenvalue weighted by atomic mass is 10.3. The fraction of sp³-hybridized carbons (Fsp3) is 0.500. The van der Waals surface area contributed by atoms with Crippen LogP contribution < -0.4 is 10.1 Å². The number of rotatable bonds is 9. The molecule has 20 heavy (non-hydrogen) atoms. The number of methoxy groups -OCH3 is 1. The van der Waals surface area contributed by atoms with Gasteiger partial charge in [-0.25, -0.2) is 4.98 Å². The third kappa shape index (κ3) is 4.40. The molecule has 0 aliphatic heterocycles. The van der Waals surface area contributed by atoms with E-state index in [4.69, 9.17) is 9.47 Å². The predicted molar refractivity (Wildman–Crippen MR) is 82.7 cm³/mol. The molecule has 0 saturated heterocycles. The Bertz CT molecular complexity index is 530. The average molecular weight is 295 g/mol. The van der Waals surface area contributed by atoms with Crippen LogP contribution in [0.5, 0.6) is 5.75 Å². The van der Waals surface area contributed by atoms with Crippen LogP contribution in [0.15, 0.2) is 23.4 Å². The number of hydrogen-bond donors (Lipinski definition) is 2. The molecule has 2 N–H and O–H groups in total. The maximum Gasteiger partial charge on any atom is 0.166 e. The van der Waals surface area contributed by atoms with E-state index < -0.39 is 0 Å². The van der Waals surface area contributed by atoms with Gasteiger partial charge in [-0.3, -0.25) is 0 Å². The Balaban J connectivity index is 1.76. The molecule has 6 heteroatoms. The number of aromatic nitrogens is 2. The Morgan fingerprint density at radius 2 is 2.25 bits per heavy atom. The minimum Gasteiger partial charge on any atom is -0.497 e. The molecule has 5 nitrogen and oxygen atoms in total. The molecular formula is C14H21N3O2S. The first kappa shape index (κ1) is 15.2. The van der Waals surface area contributed by atoms with E-state index in [1.807, 2.05) is 25.1 Å². The van der Waals surface area contributed by atoms with Crippen molar-refractivity contribution in [2.45, 2.75) is 12.1 Å². The Kier molecular flexibility index (Phi) is 6.17. The van der Waals surface area contributed by atoms with Crippen molar-refractivity contribution in [3.8, 4) is 5.75 Å². The van der Waals surface area contributed by atoms with Gasteiger partial charge < -0.3 is 19.8 Å². The molecule has 0 aliphatic rings. The third-order valence-corrected chi connectivity index (χ3v) is 3.69. The molecule has 0 aliphatic carbocycles. The largest absolute Gasteiger partial charge is 0.497 e. The first-order valence-corrected chi connectivity index (χ1v) is 7.77. The number of benzene rings is 1. The summed E-state index contributed by atoms with van der Waals surface area (Å²) in [6, 6.07) is 5.86. The average Bonchev–Trinajstić information content (AvgIpc) is 2.87. The summed E-state index contributed by atoms with van der Waals surface area (Å²) in [7, 11) is 1.67. The second-order valence-corrected chi connectivity index (χ2v) is 5.30. The molecule has 2 rings (SSSR count). The van der Waals surface area contributed by atoms with Crippen LogP contribution in [0, 0.1) is 0 Å². The van der Waals surface area contributed by atoms with Crippen LogP contribution >= 0.6 is 11.8 Å². The van der Waals surface area contributed by atoms with E-state index in [-0.39, 0.29) is 0 Å². The van der Waals surface area contributed by atoms with E-state index in [2.05, 4.69) is 15.3 Å². The molecule has 0 fully saturated rings. The second-order valence-electron chi connectivity index (χ2n) is 4.22. The summed E-state index contributed by atoms with van der Waals surface area (Å²) in [5.74, 6) is 1.82. The highest BCUT2D eigenvalue weighted by Gasteiger charge is 2.04. The zero-order valence-corrected chi connectivity index (χ0v) is 12.8. The molecular weight excluding hydrogens is 274 g/mol. The molecule has 0 amide bonds. The van der Waals surface area contributed by atoms with Crippen LogP contribution in [0.1, 0.15) is 6.92 Å². The molecule has 0 bridgehead atoms. The van der Waals surface area contributed by atoms with E-state index >= 15 is 0 Å². The first-order chi connectivity index (χ1) is 9.83. The van der Waals surface area contributed by atoms with Crippen molar-refractivity contribution < 1.29 is 9.47 Å². The quantitative estimate of drug-likeness (QED) is 0.549. The smallest absolute Gasteiger partial charge is 0.166 e. The maximum atomic E-state index is 5.26. The lowest BCUT2D eigenvalue weighted by molar-refractivity contribution is 0.150. The van der Waals surface area contributed by atoms with Crippen molar-refractivity contribution in [3.63, 3.8) is 0 Å². The van der Waals surface area contributed by atoms with E-state index in [9.17, 15) is 0 Å². The van der Waals surface area contributed by atoms with E-state index in [0.717, 1.165) is 54.0 Å². The minimum absolute atomic E-state index is 0.769. The van der Waals surface area contributed by atoms with E-state index in [1.165, 1.54) is 0 Å². The molecule has 1 aromatic carbocycles. The molecule has 0 unspecified atom stereocenters. The van der Waals surface area contributed by atoms with Gasteiger partial charge in [-0.05, 0) is 19.1 Å². The Hall–Kier alpha value is -1.24. The molecule has 0 radical (unpaired) electrons. The summed E-state index contributed by atoms with van der Waals surface area (Å²) in [5, 5.41) is 4.28. The Morgan fingerprint density at radius 1 is 1.35 bits per heavy atom. The van der Waals surface area contributed by atoms with Gasteiger partial charge in [0.2, 0.25) is 0 Å². The SMILES string of the molecule is CCOCCNCCSc1nc2ccc(OC)cc2[nH]1. The van der Waals surface area contributed by atoms with Gasteiger partial charge in [-0.2, -0.15) is 0 Å². The van der Waals surface area contributed by atoms with Gasteiger partial charge in [0.15, 0.2) is 5.16 Å². The molecule has 2 aromatic rings. The monoisotopic (exact) mass is 295 g/mol. The minimum atomic E-state index is 0.769. The summed E-state index contributed by atoms with van der Waals surface area (Å²) in [6.45, 7) is 5.39. The van der Waals surface area contributed by atoms with Crippen molar-refractivity contribution >= 4 is 22.8 Å². The highest BCUT2D eigenvalue weighted by atomic mass is 32.2. The number of fused-ring (bicyclic) bond motifs is 1. The van der Waals surface area contributed by atoms with Crippen molar-refractivity contribution in [1.82, 2.24) is 15.3 Å². The van der Waals surface area contributed by atoms with Gasteiger partial charge in [0, 0.05) is 31.5 Å². The van der Waals surface area contributed by atoms with Crippen LogP contribution in [0.25, 0.3) is 11.0 Å². The Morgan fingerprint density at radius 3 is 3.05 bits per heavy atom. The predicted octanol–water partition coefficient (Wildman–Crippen LogP) is 2.29. The summed E-state index contributed by atoms with van der Waals surface area (Å²) in [4.78, 5) is 7.84. The summed E-state index contributed by atoms with van der Waals surface area (Å²) < 4.78 is 10.5. The fourth-order valence-corrected chi connectivity index (χ4v) is 2.58. The number of H-pyrrole nitrogens is 1. The molecule has 0 spiro atoms. The van der Waals surface area contributed by atoms with Gasteiger partial charge in [0.25, 0.3) is 0 Å². The third-order valence-electron chi connectivity index (χ3n) is 2.81. The number of aromatic amines is 1. The highest BCUT2D eigenvalue weighted by Crippen LogP contribution is 2.22. The van der Waals surface area contributed by atoms with Crippen LogP contribution in [0.3, 0.4) is 0 Å². The molecule has 1 aromatic heterocycles. The molecule has 1 heterocycles. The van der Waals surface area contributed by atoms with Gasteiger partial charge in [-0.1, -0.05) is 11.8 Å². The lowest BCUT2D eigenvalue weighted by Crippen LogP contribution is -2.22. The molecule has 110 valence electrons. The zero-order chi connectivity index (χ0) is 14.2. The number of ether oxygens (including phenoxy) is 2. The summed E-state index contributed by atoms with van der Waals surface area (Å²) in [5.41, 5.74) is 1.98. The van der Waals surface area contributed by atoms with Crippen LogP contribution in [-0.2, 0) is 4.74 Å². The van der Waals surface area contributed by atoms with E-state index in [1.54, 1.807) is 18.9 Å². The van der Waals surface area contributed by atoms with Gasteiger partial charge in [0.05, 0.1) is 24.8 Å². The van der Waals surface area contributed by atoms with Gasteiger partial charge in [0.1, 0.15) is 5.75 Å². The summed E-state index contributed by atoms with van der Waals surface area (Å²) >= 11 is 1.71. The number of nitrogens with zero attached hydrogens (tertiary/aromatic N) is 1. The maximum absolute atomic E-state index is 5.26.